The largest absolute Gasteiger partial charge is 0.340 e. The Morgan fingerprint density at radius 2 is 1.76 bits per heavy atom. The van der Waals surface area contributed by atoms with E-state index in [0.29, 0.717) is 0 Å². The number of rotatable bonds is 2. The summed E-state index contributed by atoms with van der Waals surface area (Å²) in [5.41, 5.74) is 8.47. The molecule has 1 saturated carbocycles. The van der Waals surface area contributed by atoms with Crippen molar-refractivity contribution < 1.29 is 0 Å². The van der Waals surface area contributed by atoms with Gasteiger partial charge < -0.3 is 10.7 Å². The molecule has 106 valence electrons. The number of fused-ring (bicyclic) bond motifs is 1. The third-order valence-corrected chi connectivity index (χ3v) is 4.62. The summed E-state index contributed by atoms with van der Waals surface area (Å²) in [5.74, 6) is 0.933. The molecule has 3 nitrogen and oxygen atoms in total. The van der Waals surface area contributed by atoms with Crippen molar-refractivity contribution in [3.05, 3.63) is 54.5 Å². The molecule has 3 heteroatoms. The topological polar surface area (TPSA) is 54.7 Å². The summed E-state index contributed by atoms with van der Waals surface area (Å²) in [6.45, 7) is 0. The molecule has 3 aromatic rings. The standard InChI is InChI=1S/C18H19N3/c19-18(10-3-4-11-18)17-20-12-16(21-17)15-9-5-7-13-6-1-2-8-14(13)15/h1-2,5-9,12H,3-4,10-11,19H2,(H,20,21). The number of hydrogen-bond donors (Lipinski definition) is 2. The lowest BCUT2D eigenvalue weighted by Crippen LogP contribution is -2.34. The lowest BCUT2D eigenvalue weighted by molar-refractivity contribution is 0.436. The Hall–Kier alpha value is -2.13. The van der Waals surface area contributed by atoms with Gasteiger partial charge in [-0.25, -0.2) is 4.98 Å². The molecule has 0 atom stereocenters. The van der Waals surface area contributed by atoms with E-state index in [1.807, 2.05) is 6.20 Å². The number of nitrogens with two attached hydrogens (primary N) is 1. The fraction of sp³-hybridized carbons (Fsp3) is 0.278. The van der Waals surface area contributed by atoms with Crippen molar-refractivity contribution in [2.24, 2.45) is 5.73 Å². The number of nitrogens with zero attached hydrogens (tertiary/aromatic N) is 1. The van der Waals surface area contributed by atoms with Crippen molar-refractivity contribution in [3.8, 4) is 11.3 Å². The summed E-state index contributed by atoms with van der Waals surface area (Å²) in [4.78, 5) is 8.04. The monoisotopic (exact) mass is 277 g/mol. The molecule has 0 aliphatic heterocycles. The molecule has 2 aromatic carbocycles. The Kier molecular flexibility index (Phi) is 2.82. The first-order valence-corrected chi connectivity index (χ1v) is 7.59. The molecule has 21 heavy (non-hydrogen) atoms. The van der Waals surface area contributed by atoms with E-state index in [4.69, 9.17) is 5.73 Å². The van der Waals surface area contributed by atoms with Gasteiger partial charge >= 0.3 is 0 Å². The Labute approximate surface area is 124 Å². The second-order valence-electron chi connectivity index (χ2n) is 6.04. The minimum atomic E-state index is -0.261. The number of aromatic amines is 1. The van der Waals surface area contributed by atoms with E-state index >= 15 is 0 Å². The summed E-state index contributed by atoms with van der Waals surface area (Å²) in [7, 11) is 0. The van der Waals surface area contributed by atoms with Crippen LogP contribution in [0.3, 0.4) is 0 Å². The Morgan fingerprint density at radius 3 is 2.62 bits per heavy atom. The third kappa shape index (κ3) is 2.05. The predicted molar refractivity (Wildman–Crippen MR) is 85.9 cm³/mol. The van der Waals surface area contributed by atoms with Crippen LogP contribution >= 0.6 is 0 Å². The summed E-state index contributed by atoms with van der Waals surface area (Å²) in [6.07, 6.45) is 6.36. The fourth-order valence-corrected chi connectivity index (χ4v) is 3.41. The normalized spacial score (nSPS) is 17.4. The average Bonchev–Trinajstić information content (AvgIpc) is 3.16. The van der Waals surface area contributed by atoms with Gasteiger partial charge in [0.05, 0.1) is 17.4 Å². The van der Waals surface area contributed by atoms with Crippen LogP contribution in [0.25, 0.3) is 22.0 Å². The van der Waals surface area contributed by atoms with Crippen LogP contribution in [-0.2, 0) is 5.54 Å². The summed E-state index contributed by atoms with van der Waals surface area (Å²) in [6, 6.07) is 14.8. The zero-order chi connectivity index (χ0) is 14.3. The predicted octanol–water partition coefficient (Wildman–Crippen LogP) is 3.96. The highest BCUT2D eigenvalue weighted by Gasteiger charge is 2.34. The Morgan fingerprint density at radius 1 is 1.00 bits per heavy atom. The van der Waals surface area contributed by atoms with Gasteiger partial charge in [0.1, 0.15) is 5.82 Å². The Bertz CT molecular complexity index is 777. The van der Waals surface area contributed by atoms with E-state index in [1.165, 1.54) is 29.2 Å². The zero-order valence-electron chi connectivity index (χ0n) is 12.0. The molecule has 1 aliphatic carbocycles. The molecule has 1 fully saturated rings. The van der Waals surface area contributed by atoms with Gasteiger partial charge in [-0.05, 0) is 23.6 Å². The van der Waals surface area contributed by atoms with Crippen LogP contribution in [0, 0.1) is 0 Å². The van der Waals surface area contributed by atoms with E-state index < -0.39 is 0 Å². The maximum Gasteiger partial charge on any atom is 0.126 e. The number of aromatic nitrogens is 2. The molecule has 1 aliphatic rings. The van der Waals surface area contributed by atoms with Crippen molar-refractivity contribution in [3.63, 3.8) is 0 Å². The van der Waals surface area contributed by atoms with Gasteiger partial charge in [0.25, 0.3) is 0 Å². The van der Waals surface area contributed by atoms with Gasteiger partial charge in [0.15, 0.2) is 0 Å². The van der Waals surface area contributed by atoms with E-state index in [-0.39, 0.29) is 5.54 Å². The SMILES string of the molecule is NC1(c2ncc(-c3cccc4ccccc34)[nH]2)CCCC1. The number of imidazole rings is 1. The molecule has 0 saturated heterocycles. The lowest BCUT2D eigenvalue weighted by atomic mass is 9.98. The molecule has 0 bridgehead atoms. The molecule has 4 rings (SSSR count). The van der Waals surface area contributed by atoms with Crippen molar-refractivity contribution in [2.45, 2.75) is 31.2 Å². The van der Waals surface area contributed by atoms with Crippen LogP contribution in [-0.4, -0.2) is 9.97 Å². The highest BCUT2D eigenvalue weighted by Crippen LogP contribution is 2.36. The number of hydrogen-bond acceptors (Lipinski definition) is 2. The first-order valence-electron chi connectivity index (χ1n) is 7.59. The maximum atomic E-state index is 6.49. The number of nitrogens with one attached hydrogen (secondary N) is 1. The second-order valence-corrected chi connectivity index (χ2v) is 6.04. The molecule has 1 aromatic heterocycles. The minimum Gasteiger partial charge on any atom is -0.340 e. The van der Waals surface area contributed by atoms with Gasteiger partial charge in [-0.3, -0.25) is 0 Å². The average molecular weight is 277 g/mol. The van der Waals surface area contributed by atoms with Crippen LogP contribution in [0.15, 0.2) is 48.7 Å². The molecule has 0 amide bonds. The van der Waals surface area contributed by atoms with E-state index in [9.17, 15) is 0 Å². The van der Waals surface area contributed by atoms with Gasteiger partial charge in [-0.1, -0.05) is 55.3 Å². The van der Waals surface area contributed by atoms with Crippen LogP contribution in [0.4, 0.5) is 0 Å². The Balaban J connectivity index is 1.81. The van der Waals surface area contributed by atoms with Gasteiger partial charge in [0, 0.05) is 5.56 Å². The first-order chi connectivity index (χ1) is 10.3. The molecule has 0 unspecified atom stereocenters. The molecule has 3 N–H and O–H groups in total. The van der Waals surface area contributed by atoms with Crippen molar-refractivity contribution in [1.82, 2.24) is 9.97 Å². The van der Waals surface area contributed by atoms with Crippen molar-refractivity contribution in [2.75, 3.05) is 0 Å². The van der Waals surface area contributed by atoms with E-state index in [2.05, 4.69) is 52.4 Å². The number of benzene rings is 2. The quantitative estimate of drug-likeness (QED) is 0.745. The fourth-order valence-electron chi connectivity index (χ4n) is 3.41. The second kappa shape index (κ2) is 4.71. The van der Waals surface area contributed by atoms with Crippen LogP contribution in [0.5, 0.6) is 0 Å². The van der Waals surface area contributed by atoms with Crippen molar-refractivity contribution in [1.29, 1.82) is 0 Å². The molecule has 1 heterocycles. The zero-order valence-corrected chi connectivity index (χ0v) is 12.0. The highest BCUT2D eigenvalue weighted by molar-refractivity contribution is 5.95. The van der Waals surface area contributed by atoms with Gasteiger partial charge in [-0.2, -0.15) is 0 Å². The van der Waals surface area contributed by atoms with Crippen LogP contribution < -0.4 is 5.73 Å². The van der Waals surface area contributed by atoms with Gasteiger partial charge in [-0.15, -0.1) is 0 Å². The highest BCUT2D eigenvalue weighted by atomic mass is 15.0. The summed E-state index contributed by atoms with van der Waals surface area (Å²) < 4.78 is 0. The van der Waals surface area contributed by atoms with Crippen LogP contribution in [0.1, 0.15) is 31.5 Å². The summed E-state index contributed by atoms with van der Waals surface area (Å²) >= 11 is 0. The summed E-state index contributed by atoms with van der Waals surface area (Å²) in [5, 5.41) is 2.49. The number of H-pyrrole nitrogens is 1. The van der Waals surface area contributed by atoms with E-state index in [0.717, 1.165) is 24.4 Å². The van der Waals surface area contributed by atoms with Crippen molar-refractivity contribution >= 4 is 10.8 Å². The molecule has 0 spiro atoms. The third-order valence-electron chi connectivity index (χ3n) is 4.62. The van der Waals surface area contributed by atoms with E-state index in [1.54, 1.807) is 0 Å². The lowest BCUT2D eigenvalue weighted by Gasteiger charge is -2.20. The molecular formula is C18H19N3. The smallest absolute Gasteiger partial charge is 0.126 e. The van der Waals surface area contributed by atoms with Crippen LogP contribution in [0.2, 0.25) is 0 Å². The molecule has 0 radical (unpaired) electrons. The molecular weight excluding hydrogens is 258 g/mol. The minimum absolute atomic E-state index is 0.261. The van der Waals surface area contributed by atoms with Gasteiger partial charge in [0.2, 0.25) is 0 Å². The first kappa shape index (κ1) is 12.6. The maximum absolute atomic E-state index is 6.49.